The van der Waals surface area contributed by atoms with Crippen molar-refractivity contribution in [3.8, 4) is 11.4 Å². The summed E-state index contributed by atoms with van der Waals surface area (Å²) in [5.41, 5.74) is 1.61. The molecule has 22 heavy (non-hydrogen) atoms. The average Bonchev–Trinajstić information content (AvgIpc) is 2.90. The first-order valence-electron chi connectivity index (χ1n) is 7.31. The normalized spacial score (nSPS) is 14.7. The van der Waals surface area contributed by atoms with Crippen molar-refractivity contribution in [3.63, 3.8) is 0 Å². The van der Waals surface area contributed by atoms with Crippen molar-refractivity contribution < 1.29 is 9.53 Å². The number of benzene rings is 1. The molecule has 1 aliphatic rings. The van der Waals surface area contributed by atoms with E-state index >= 15 is 0 Å². The summed E-state index contributed by atoms with van der Waals surface area (Å²) >= 11 is 0. The molecule has 0 N–H and O–H groups in total. The van der Waals surface area contributed by atoms with E-state index in [4.69, 9.17) is 4.74 Å². The molecule has 0 spiro atoms. The molecule has 1 aromatic carbocycles. The minimum absolute atomic E-state index is 0.163. The minimum Gasteiger partial charge on any atom is -0.372 e. The highest BCUT2D eigenvalue weighted by atomic mass is 16.5. The number of allylic oxidation sites excluding steroid dienone is 1. The lowest BCUT2D eigenvalue weighted by molar-refractivity contribution is 0.00998. The fourth-order valence-electron chi connectivity index (χ4n) is 2.24. The molecule has 0 fully saturated rings. The van der Waals surface area contributed by atoms with Crippen LogP contribution in [0.15, 0.2) is 42.0 Å². The number of aromatic nitrogens is 3. The molecule has 1 aliphatic heterocycles. The fraction of sp³-hybridized carbons (Fsp3) is 0.353. The van der Waals surface area contributed by atoms with Crippen molar-refractivity contribution in [3.05, 3.63) is 47.8 Å². The van der Waals surface area contributed by atoms with Gasteiger partial charge in [-0.25, -0.2) is 4.98 Å². The first-order valence-corrected chi connectivity index (χ1v) is 7.31. The number of nitrogens with zero attached hydrogens (tertiary/aromatic N) is 3. The summed E-state index contributed by atoms with van der Waals surface area (Å²) < 4.78 is 7.12. The van der Waals surface area contributed by atoms with Gasteiger partial charge >= 0.3 is 0 Å². The van der Waals surface area contributed by atoms with Crippen molar-refractivity contribution in [2.24, 2.45) is 0 Å². The van der Waals surface area contributed by atoms with Crippen LogP contribution in [0.2, 0.25) is 0 Å². The van der Waals surface area contributed by atoms with Gasteiger partial charge in [-0.3, -0.25) is 4.79 Å². The van der Waals surface area contributed by atoms with Gasteiger partial charge in [0.2, 0.25) is 0 Å². The molecule has 0 bridgehead atoms. The van der Waals surface area contributed by atoms with Gasteiger partial charge in [0.05, 0.1) is 12.2 Å². The van der Waals surface area contributed by atoms with Crippen LogP contribution in [0.5, 0.6) is 0 Å². The van der Waals surface area contributed by atoms with Gasteiger partial charge in [0.25, 0.3) is 5.91 Å². The summed E-state index contributed by atoms with van der Waals surface area (Å²) in [5.74, 6) is 1.08. The average molecular weight is 297 g/mol. The maximum atomic E-state index is 12.2. The van der Waals surface area contributed by atoms with Gasteiger partial charge in [0.15, 0.2) is 5.82 Å². The van der Waals surface area contributed by atoms with Crippen molar-refractivity contribution in [2.75, 3.05) is 6.61 Å². The predicted molar refractivity (Wildman–Crippen MR) is 83.6 cm³/mol. The zero-order valence-electron chi connectivity index (χ0n) is 13.0. The molecule has 0 atom stereocenters. The molecule has 0 unspecified atom stereocenters. The summed E-state index contributed by atoms with van der Waals surface area (Å²) in [6.07, 6.45) is 2.18. The van der Waals surface area contributed by atoms with E-state index in [1.807, 2.05) is 51.1 Å². The van der Waals surface area contributed by atoms with Crippen LogP contribution in [0, 0.1) is 0 Å². The van der Waals surface area contributed by atoms with Crippen molar-refractivity contribution in [1.82, 2.24) is 14.8 Å². The monoisotopic (exact) mass is 297 g/mol. The zero-order chi connectivity index (χ0) is 15.7. The second kappa shape index (κ2) is 5.50. The van der Waals surface area contributed by atoms with Crippen LogP contribution in [0.4, 0.5) is 0 Å². The first-order chi connectivity index (χ1) is 10.4. The summed E-state index contributed by atoms with van der Waals surface area (Å²) in [7, 11) is 0. The molecule has 0 saturated carbocycles. The highest BCUT2D eigenvalue weighted by Gasteiger charge is 2.23. The number of ether oxygens (including phenoxy) is 1. The maximum absolute atomic E-state index is 12.2. The molecule has 3 rings (SSSR count). The Morgan fingerprint density at radius 2 is 1.95 bits per heavy atom. The van der Waals surface area contributed by atoms with Crippen LogP contribution in [-0.2, 0) is 11.2 Å². The second-order valence-corrected chi connectivity index (χ2v) is 6.35. The molecule has 2 aromatic rings. The summed E-state index contributed by atoms with van der Waals surface area (Å²) in [5, 5.41) is 4.32. The summed E-state index contributed by atoms with van der Waals surface area (Å²) in [6.45, 7) is 6.42. The topological polar surface area (TPSA) is 57.0 Å². The Balaban J connectivity index is 1.82. The van der Waals surface area contributed by atoms with Gasteiger partial charge in [0, 0.05) is 18.1 Å². The molecule has 5 heteroatoms. The lowest BCUT2D eigenvalue weighted by Crippen LogP contribution is -2.25. The number of rotatable bonds is 3. The largest absolute Gasteiger partial charge is 0.372 e. The lowest BCUT2D eigenvalue weighted by Gasteiger charge is -2.21. The third-order valence-corrected chi connectivity index (χ3v) is 3.32. The smallest absolute Gasteiger partial charge is 0.272 e. The Kier molecular flexibility index (Phi) is 3.66. The van der Waals surface area contributed by atoms with Crippen LogP contribution in [0.1, 0.15) is 31.4 Å². The number of carbonyl (C=O) groups is 1. The van der Waals surface area contributed by atoms with E-state index in [1.165, 1.54) is 4.68 Å². The third-order valence-electron chi connectivity index (χ3n) is 3.32. The van der Waals surface area contributed by atoms with Crippen molar-refractivity contribution in [2.45, 2.75) is 32.8 Å². The van der Waals surface area contributed by atoms with E-state index in [1.54, 1.807) is 6.08 Å². The van der Waals surface area contributed by atoms with Crippen LogP contribution in [0.3, 0.4) is 0 Å². The SMILES string of the molecule is CC(C)(C)OCC1=CC(=O)n2nc(-c3ccccc3)nc2C1. The van der Waals surface area contributed by atoms with Crippen molar-refractivity contribution in [1.29, 1.82) is 0 Å². The molecule has 1 aromatic heterocycles. The third kappa shape index (κ3) is 3.14. The summed E-state index contributed by atoms with van der Waals surface area (Å²) in [6, 6.07) is 9.66. The Hall–Kier alpha value is -2.27. The fourth-order valence-corrected chi connectivity index (χ4v) is 2.24. The lowest BCUT2D eigenvalue weighted by atomic mass is 10.1. The van der Waals surface area contributed by atoms with Crippen LogP contribution >= 0.6 is 0 Å². The molecule has 0 saturated heterocycles. The molecule has 0 amide bonds. The molecular formula is C17H19N3O2. The molecule has 114 valence electrons. The first kappa shape index (κ1) is 14.7. The van der Waals surface area contributed by atoms with Gasteiger partial charge in [0.1, 0.15) is 5.82 Å². The standard InChI is InChI=1S/C17H19N3O2/c1-17(2,3)22-11-12-9-14-18-16(13-7-5-4-6-8-13)19-20(14)15(21)10-12/h4-8,10H,9,11H2,1-3H3. The predicted octanol–water partition coefficient (Wildman–Crippen LogP) is 2.88. The van der Waals surface area contributed by atoms with E-state index in [2.05, 4.69) is 10.1 Å². The highest BCUT2D eigenvalue weighted by molar-refractivity contribution is 5.91. The van der Waals surface area contributed by atoms with E-state index in [9.17, 15) is 4.79 Å². The summed E-state index contributed by atoms with van der Waals surface area (Å²) in [4.78, 5) is 16.7. The molecule has 0 radical (unpaired) electrons. The molecule has 5 nitrogen and oxygen atoms in total. The highest BCUT2D eigenvalue weighted by Crippen LogP contribution is 2.20. The van der Waals surface area contributed by atoms with Gasteiger partial charge in [-0.2, -0.15) is 4.68 Å². The van der Waals surface area contributed by atoms with Gasteiger partial charge < -0.3 is 4.74 Å². The van der Waals surface area contributed by atoms with Gasteiger partial charge in [-0.15, -0.1) is 5.10 Å². The second-order valence-electron chi connectivity index (χ2n) is 6.35. The van der Waals surface area contributed by atoms with E-state index < -0.39 is 0 Å². The van der Waals surface area contributed by atoms with Crippen LogP contribution in [-0.4, -0.2) is 32.9 Å². The Labute approximate surface area is 129 Å². The molecular weight excluding hydrogens is 278 g/mol. The van der Waals surface area contributed by atoms with E-state index in [-0.39, 0.29) is 11.5 Å². The number of hydrogen-bond acceptors (Lipinski definition) is 4. The minimum atomic E-state index is -0.232. The quantitative estimate of drug-likeness (QED) is 0.874. The Morgan fingerprint density at radius 1 is 1.23 bits per heavy atom. The van der Waals surface area contributed by atoms with Crippen molar-refractivity contribution >= 4 is 5.91 Å². The molecule has 2 heterocycles. The van der Waals surface area contributed by atoms with E-state index in [0.29, 0.717) is 24.7 Å². The Morgan fingerprint density at radius 3 is 2.64 bits per heavy atom. The van der Waals surface area contributed by atoms with Crippen LogP contribution in [0.25, 0.3) is 11.4 Å². The maximum Gasteiger partial charge on any atom is 0.272 e. The van der Waals surface area contributed by atoms with Crippen LogP contribution < -0.4 is 0 Å². The van der Waals surface area contributed by atoms with Gasteiger partial charge in [-0.05, 0) is 26.3 Å². The number of carbonyl (C=O) groups excluding carboxylic acids is 1. The number of hydrogen-bond donors (Lipinski definition) is 0. The van der Waals surface area contributed by atoms with E-state index in [0.717, 1.165) is 11.1 Å². The number of fused-ring (bicyclic) bond motifs is 1. The molecule has 0 aliphatic carbocycles. The zero-order valence-corrected chi connectivity index (χ0v) is 13.0. The van der Waals surface area contributed by atoms with Gasteiger partial charge in [-0.1, -0.05) is 30.3 Å². The Bertz CT molecular complexity index is 724.